The number of rotatable bonds is 2. The van der Waals surface area contributed by atoms with Crippen molar-refractivity contribution in [3.63, 3.8) is 0 Å². The van der Waals surface area contributed by atoms with Gasteiger partial charge in [-0.15, -0.1) is 0 Å². The molecule has 1 nitrogen and oxygen atoms in total. The van der Waals surface area contributed by atoms with Crippen molar-refractivity contribution in [2.24, 2.45) is 5.92 Å². The van der Waals surface area contributed by atoms with Gasteiger partial charge in [-0.2, -0.15) is 0 Å². The van der Waals surface area contributed by atoms with E-state index in [0.29, 0.717) is 11.7 Å². The van der Waals surface area contributed by atoms with Crippen LogP contribution >= 0.6 is 0 Å². The van der Waals surface area contributed by atoms with Crippen LogP contribution in [0.3, 0.4) is 0 Å². The van der Waals surface area contributed by atoms with E-state index < -0.39 is 0 Å². The quantitative estimate of drug-likeness (QED) is 0.773. The van der Waals surface area contributed by atoms with Crippen LogP contribution in [-0.2, 0) is 6.42 Å². The highest BCUT2D eigenvalue weighted by Crippen LogP contribution is 2.39. The van der Waals surface area contributed by atoms with Crippen LogP contribution in [0.2, 0.25) is 0 Å². The van der Waals surface area contributed by atoms with Crippen LogP contribution in [0.25, 0.3) is 0 Å². The molecule has 0 radical (unpaired) electrons. The molecule has 0 heterocycles. The lowest BCUT2D eigenvalue weighted by Gasteiger charge is -2.31. The minimum absolute atomic E-state index is 0.415. The highest BCUT2D eigenvalue weighted by molar-refractivity contribution is 5.39. The summed E-state index contributed by atoms with van der Waals surface area (Å²) in [6.45, 7) is 8.61. The predicted octanol–water partition coefficient (Wildman–Crippen LogP) is 4.88. The molecule has 17 heavy (non-hydrogen) atoms. The monoisotopic (exact) mass is 234 g/mol. The Morgan fingerprint density at radius 2 is 2.00 bits per heavy atom. The first-order valence-corrected chi connectivity index (χ1v) is 7.04. The van der Waals surface area contributed by atoms with Crippen molar-refractivity contribution in [1.82, 2.24) is 0 Å². The van der Waals surface area contributed by atoms with Crippen molar-refractivity contribution < 1.29 is 5.11 Å². The molecule has 96 valence electrons. The predicted molar refractivity (Wildman–Crippen MR) is 74.6 cm³/mol. The topological polar surface area (TPSA) is 20.2 Å². The van der Waals surface area contributed by atoms with E-state index in [0.717, 1.165) is 12.3 Å². The molecule has 0 aliphatic heterocycles. The van der Waals surface area contributed by atoms with Crippen LogP contribution in [-0.4, -0.2) is 5.11 Å². The second-order valence-corrected chi connectivity index (χ2v) is 4.79. The molecule has 0 amide bonds. The molecule has 1 heteroatoms. The van der Waals surface area contributed by atoms with Crippen LogP contribution in [0.1, 0.15) is 64.0 Å². The normalized spacial score (nSPS) is 22.4. The summed E-state index contributed by atoms with van der Waals surface area (Å²) in [5.74, 6) is 1.92. The van der Waals surface area contributed by atoms with Crippen LogP contribution < -0.4 is 0 Å². The summed E-state index contributed by atoms with van der Waals surface area (Å²) in [7, 11) is 0. The number of aromatic hydroxyl groups is 1. The molecule has 1 aliphatic carbocycles. The number of fused-ring (bicyclic) bond motifs is 1. The first-order valence-electron chi connectivity index (χ1n) is 7.04. The van der Waals surface area contributed by atoms with Gasteiger partial charge in [-0.3, -0.25) is 0 Å². The van der Waals surface area contributed by atoms with Gasteiger partial charge in [0.2, 0.25) is 0 Å². The summed E-state index contributed by atoms with van der Waals surface area (Å²) < 4.78 is 0. The van der Waals surface area contributed by atoms with Gasteiger partial charge in [-0.25, -0.2) is 0 Å². The number of aryl methyl sites for hydroxylation is 1. The number of hydrogen-bond donors (Lipinski definition) is 1. The fraction of sp³-hybridized carbons (Fsp3) is 0.625. The summed E-state index contributed by atoms with van der Waals surface area (Å²) in [6, 6.07) is 5.91. The van der Waals surface area contributed by atoms with E-state index in [1.54, 1.807) is 0 Å². The van der Waals surface area contributed by atoms with Crippen molar-refractivity contribution in [3.8, 4) is 5.75 Å². The molecule has 0 fully saturated rings. The Hall–Kier alpha value is -0.980. The molecule has 2 unspecified atom stereocenters. The van der Waals surface area contributed by atoms with Crippen molar-refractivity contribution in [2.75, 3.05) is 0 Å². The molecule has 1 aromatic rings. The fourth-order valence-electron chi connectivity index (χ4n) is 2.81. The first kappa shape index (κ1) is 14.1. The van der Waals surface area contributed by atoms with E-state index in [1.165, 1.54) is 30.4 Å². The zero-order chi connectivity index (χ0) is 12.8. The van der Waals surface area contributed by atoms with E-state index in [2.05, 4.69) is 19.9 Å². The Bertz CT molecular complexity index is 343. The molecule has 2 atom stereocenters. The summed E-state index contributed by atoms with van der Waals surface area (Å²) >= 11 is 0. The maximum absolute atomic E-state index is 9.47. The maximum Gasteiger partial charge on any atom is 0.115 e. The average Bonchev–Trinajstić information content (AvgIpc) is 2.35. The fourth-order valence-corrected chi connectivity index (χ4v) is 2.81. The van der Waals surface area contributed by atoms with Gasteiger partial charge in [0.1, 0.15) is 5.75 Å². The second kappa shape index (κ2) is 6.68. The lowest BCUT2D eigenvalue weighted by atomic mass is 9.74. The van der Waals surface area contributed by atoms with Gasteiger partial charge in [0.15, 0.2) is 0 Å². The standard InChI is InChI=1S/C14H20O.C2H6/c1-3-4-13-10(2)5-6-11-9-12(15)7-8-14(11)13;1-2/h7-10,13,15H,3-6H2,1-2H3;1-2H3. The zero-order valence-corrected chi connectivity index (χ0v) is 11.7. The zero-order valence-electron chi connectivity index (χ0n) is 11.7. The Morgan fingerprint density at radius 1 is 1.29 bits per heavy atom. The number of phenols is 1. The molecule has 0 spiro atoms. The molecule has 0 saturated carbocycles. The third kappa shape index (κ3) is 3.24. The Labute approximate surface area is 106 Å². The van der Waals surface area contributed by atoms with Crippen molar-refractivity contribution in [1.29, 1.82) is 0 Å². The van der Waals surface area contributed by atoms with Crippen LogP contribution in [0.4, 0.5) is 0 Å². The van der Waals surface area contributed by atoms with Crippen molar-refractivity contribution >= 4 is 0 Å². The molecule has 2 rings (SSSR count). The third-order valence-corrected chi connectivity index (χ3v) is 3.68. The Morgan fingerprint density at radius 3 is 2.65 bits per heavy atom. The lowest BCUT2D eigenvalue weighted by Crippen LogP contribution is -2.18. The summed E-state index contributed by atoms with van der Waals surface area (Å²) in [4.78, 5) is 0. The maximum atomic E-state index is 9.47. The Kier molecular flexibility index (Phi) is 5.54. The summed E-state index contributed by atoms with van der Waals surface area (Å²) in [5.41, 5.74) is 2.85. The second-order valence-electron chi connectivity index (χ2n) is 4.79. The third-order valence-electron chi connectivity index (χ3n) is 3.68. The molecular weight excluding hydrogens is 208 g/mol. The van der Waals surface area contributed by atoms with E-state index >= 15 is 0 Å². The molecule has 1 aromatic carbocycles. The highest BCUT2D eigenvalue weighted by Gasteiger charge is 2.25. The largest absolute Gasteiger partial charge is 0.508 e. The van der Waals surface area contributed by atoms with Gasteiger partial charge < -0.3 is 5.11 Å². The van der Waals surface area contributed by atoms with E-state index in [4.69, 9.17) is 0 Å². The van der Waals surface area contributed by atoms with Crippen LogP contribution in [0.15, 0.2) is 18.2 Å². The number of benzene rings is 1. The average molecular weight is 234 g/mol. The van der Waals surface area contributed by atoms with Gasteiger partial charge in [0.25, 0.3) is 0 Å². The first-order chi connectivity index (χ1) is 8.22. The van der Waals surface area contributed by atoms with E-state index in [9.17, 15) is 5.11 Å². The minimum Gasteiger partial charge on any atom is -0.508 e. The van der Waals surface area contributed by atoms with Crippen LogP contribution in [0, 0.1) is 5.92 Å². The molecule has 1 N–H and O–H groups in total. The summed E-state index contributed by atoms with van der Waals surface area (Å²) in [6.07, 6.45) is 4.92. The molecule has 0 bridgehead atoms. The number of hydrogen-bond acceptors (Lipinski definition) is 1. The molecular formula is C16H26O. The smallest absolute Gasteiger partial charge is 0.115 e. The van der Waals surface area contributed by atoms with Gasteiger partial charge in [0.05, 0.1) is 0 Å². The van der Waals surface area contributed by atoms with Gasteiger partial charge in [-0.05, 0) is 54.4 Å². The van der Waals surface area contributed by atoms with Crippen LogP contribution in [0.5, 0.6) is 5.75 Å². The Balaban J connectivity index is 0.000000686. The molecule has 0 saturated heterocycles. The summed E-state index contributed by atoms with van der Waals surface area (Å²) in [5, 5.41) is 9.47. The van der Waals surface area contributed by atoms with Crippen molar-refractivity contribution in [3.05, 3.63) is 29.3 Å². The van der Waals surface area contributed by atoms with Gasteiger partial charge in [-0.1, -0.05) is 40.2 Å². The minimum atomic E-state index is 0.415. The lowest BCUT2D eigenvalue weighted by molar-refractivity contribution is 0.379. The van der Waals surface area contributed by atoms with E-state index in [-0.39, 0.29) is 0 Å². The molecule has 1 aliphatic rings. The van der Waals surface area contributed by atoms with Gasteiger partial charge in [0, 0.05) is 0 Å². The van der Waals surface area contributed by atoms with E-state index in [1.807, 2.05) is 26.0 Å². The SMILES string of the molecule is CC.CCCC1c2ccc(O)cc2CCC1C. The van der Waals surface area contributed by atoms with Gasteiger partial charge >= 0.3 is 0 Å². The van der Waals surface area contributed by atoms with Crippen molar-refractivity contribution in [2.45, 2.75) is 59.3 Å². The number of phenolic OH excluding ortho intramolecular Hbond substituents is 1. The highest BCUT2D eigenvalue weighted by atomic mass is 16.3. The molecule has 0 aromatic heterocycles.